The number of carboxylic acid groups (broad SMARTS) is 2. The van der Waals surface area contributed by atoms with E-state index in [9.17, 15) is 29.1 Å². The summed E-state index contributed by atoms with van der Waals surface area (Å²) in [6.45, 7) is 9.05. The molecule has 0 aliphatic carbocycles. The van der Waals surface area contributed by atoms with E-state index < -0.39 is 47.7 Å². The molecule has 0 unspecified atom stereocenters. The van der Waals surface area contributed by atoms with E-state index in [1.165, 1.54) is 12.1 Å². The second-order valence-electron chi connectivity index (χ2n) is 8.85. The highest BCUT2D eigenvalue weighted by Crippen LogP contribution is 2.29. The van der Waals surface area contributed by atoms with Crippen molar-refractivity contribution in [1.82, 2.24) is 0 Å². The fourth-order valence-electron chi connectivity index (χ4n) is 2.38. The normalized spacial score (nSPS) is 11.6. The minimum absolute atomic E-state index is 0.0607. The Morgan fingerprint density at radius 3 is 2.00 bits per heavy atom. The predicted molar refractivity (Wildman–Crippen MR) is 118 cm³/mol. The SMILES string of the molecule is CC(C)(C)OC(=O)CN(C(=O)OC(C)(C)C)c1cc(C(=O)O)ccc1NC(=O)/C=C\C(=O)O. The summed E-state index contributed by atoms with van der Waals surface area (Å²) in [6, 6.07) is 3.45. The highest BCUT2D eigenvalue weighted by Gasteiger charge is 2.30. The van der Waals surface area contributed by atoms with Crippen molar-refractivity contribution < 1.29 is 43.7 Å². The predicted octanol–water partition coefficient (Wildman–Crippen LogP) is 3.05. The summed E-state index contributed by atoms with van der Waals surface area (Å²) in [5.74, 6) is -4.34. The number of anilines is 2. The quantitative estimate of drug-likeness (QED) is 0.407. The second-order valence-corrected chi connectivity index (χ2v) is 8.85. The number of ether oxygens (including phenoxy) is 2. The van der Waals surface area contributed by atoms with Gasteiger partial charge in [0.05, 0.1) is 16.9 Å². The first-order chi connectivity index (χ1) is 15.0. The Hall–Kier alpha value is -3.89. The molecule has 11 heteroatoms. The fourth-order valence-corrected chi connectivity index (χ4v) is 2.38. The first-order valence-corrected chi connectivity index (χ1v) is 9.80. The number of hydrogen-bond acceptors (Lipinski definition) is 7. The van der Waals surface area contributed by atoms with Crippen molar-refractivity contribution in [3.8, 4) is 0 Å². The number of hydrogen-bond donors (Lipinski definition) is 3. The molecule has 0 aromatic heterocycles. The summed E-state index contributed by atoms with van der Waals surface area (Å²) in [7, 11) is 0. The van der Waals surface area contributed by atoms with Crippen LogP contribution in [0.4, 0.5) is 16.2 Å². The van der Waals surface area contributed by atoms with Gasteiger partial charge in [-0.2, -0.15) is 0 Å². The first kappa shape index (κ1) is 27.1. The van der Waals surface area contributed by atoms with Crippen molar-refractivity contribution in [1.29, 1.82) is 0 Å². The third-order valence-corrected chi connectivity index (χ3v) is 3.49. The van der Waals surface area contributed by atoms with Crippen LogP contribution in [-0.4, -0.2) is 57.9 Å². The van der Waals surface area contributed by atoms with Crippen LogP contribution >= 0.6 is 0 Å². The van der Waals surface area contributed by atoms with Crippen LogP contribution in [-0.2, 0) is 23.9 Å². The lowest BCUT2D eigenvalue weighted by Gasteiger charge is -2.29. The Morgan fingerprint density at radius 2 is 1.52 bits per heavy atom. The van der Waals surface area contributed by atoms with Crippen molar-refractivity contribution >= 4 is 41.3 Å². The number of aromatic carboxylic acids is 1. The lowest BCUT2D eigenvalue weighted by molar-refractivity contribution is -0.153. The van der Waals surface area contributed by atoms with Gasteiger partial charge in [-0.25, -0.2) is 14.4 Å². The van der Waals surface area contributed by atoms with Gasteiger partial charge in [0, 0.05) is 12.2 Å². The highest BCUT2D eigenvalue weighted by atomic mass is 16.6. The average molecular weight is 464 g/mol. The highest BCUT2D eigenvalue weighted by molar-refractivity contribution is 6.07. The number of aliphatic carboxylic acids is 1. The van der Waals surface area contributed by atoms with Crippen molar-refractivity contribution in [2.45, 2.75) is 52.7 Å². The molecule has 33 heavy (non-hydrogen) atoms. The minimum Gasteiger partial charge on any atom is -0.478 e. The molecule has 0 radical (unpaired) electrons. The molecule has 1 rings (SSSR count). The van der Waals surface area contributed by atoms with Gasteiger partial charge >= 0.3 is 24.0 Å². The van der Waals surface area contributed by atoms with Crippen molar-refractivity contribution in [3.05, 3.63) is 35.9 Å². The van der Waals surface area contributed by atoms with Gasteiger partial charge in [-0.3, -0.25) is 14.5 Å². The van der Waals surface area contributed by atoms with E-state index >= 15 is 0 Å². The van der Waals surface area contributed by atoms with E-state index in [1.54, 1.807) is 41.5 Å². The Morgan fingerprint density at radius 1 is 0.939 bits per heavy atom. The van der Waals surface area contributed by atoms with Crippen LogP contribution in [0.15, 0.2) is 30.4 Å². The standard InChI is InChI=1S/C22H28N2O9/c1-21(2,3)32-18(28)12-24(20(31)33-22(4,5)6)15-11-13(19(29)30)7-8-14(15)23-16(25)9-10-17(26)27/h7-11H,12H2,1-6H3,(H,23,25)(H,26,27)(H,29,30)/b10-9-. The molecule has 180 valence electrons. The third kappa shape index (κ3) is 9.85. The smallest absolute Gasteiger partial charge is 0.415 e. The van der Waals surface area contributed by atoms with Gasteiger partial charge in [0.25, 0.3) is 0 Å². The van der Waals surface area contributed by atoms with Gasteiger partial charge < -0.3 is 25.0 Å². The lowest BCUT2D eigenvalue weighted by atomic mass is 10.1. The molecule has 0 saturated carbocycles. The Bertz CT molecular complexity index is 969. The van der Waals surface area contributed by atoms with Crippen LogP contribution in [0.1, 0.15) is 51.9 Å². The summed E-state index contributed by atoms with van der Waals surface area (Å²) in [4.78, 5) is 60.5. The van der Waals surface area contributed by atoms with E-state index in [-0.39, 0.29) is 16.9 Å². The Balaban J connectivity index is 3.53. The molecular formula is C22H28N2O9. The molecule has 0 bridgehead atoms. The first-order valence-electron chi connectivity index (χ1n) is 9.80. The number of nitrogens with zero attached hydrogens (tertiary/aromatic N) is 1. The summed E-state index contributed by atoms with van der Waals surface area (Å²) < 4.78 is 10.6. The third-order valence-electron chi connectivity index (χ3n) is 3.49. The van der Waals surface area contributed by atoms with Gasteiger partial charge in [0.2, 0.25) is 5.91 Å². The van der Waals surface area contributed by atoms with Gasteiger partial charge in [0.15, 0.2) is 0 Å². The van der Waals surface area contributed by atoms with Crippen LogP contribution in [0.5, 0.6) is 0 Å². The van der Waals surface area contributed by atoms with Crippen molar-refractivity contribution in [2.24, 2.45) is 0 Å². The molecule has 3 N–H and O–H groups in total. The lowest BCUT2D eigenvalue weighted by Crippen LogP contribution is -2.42. The zero-order valence-corrected chi connectivity index (χ0v) is 19.3. The van der Waals surface area contributed by atoms with Crippen molar-refractivity contribution in [2.75, 3.05) is 16.8 Å². The largest absolute Gasteiger partial charge is 0.478 e. The van der Waals surface area contributed by atoms with Gasteiger partial charge in [-0.15, -0.1) is 0 Å². The summed E-state index contributed by atoms with van der Waals surface area (Å²) in [5, 5.41) is 20.4. The maximum atomic E-state index is 12.9. The minimum atomic E-state index is -1.35. The molecule has 11 nitrogen and oxygen atoms in total. The Labute approximate surface area is 191 Å². The molecule has 0 atom stereocenters. The number of carbonyl (C=O) groups is 5. The topological polar surface area (TPSA) is 160 Å². The van der Waals surface area contributed by atoms with E-state index in [0.29, 0.717) is 6.08 Å². The zero-order valence-electron chi connectivity index (χ0n) is 19.3. The van der Waals surface area contributed by atoms with E-state index in [1.807, 2.05) is 0 Å². The maximum absolute atomic E-state index is 12.9. The van der Waals surface area contributed by atoms with Gasteiger partial charge in [-0.05, 0) is 59.7 Å². The van der Waals surface area contributed by atoms with Gasteiger partial charge in [-0.1, -0.05) is 0 Å². The molecule has 0 spiro atoms. The average Bonchev–Trinajstić information content (AvgIpc) is 2.62. The number of esters is 1. The number of amides is 2. The van der Waals surface area contributed by atoms with Crippen molar-refractivity contribution in [3.63, 3.8) is 0 Å². The molecule has 0 fully saturated rings. The zero-order chi connectivity index (χ0) is 25.6. The maximum Gasteiger partial charge on any atom is 0.415 e. The summed E-state index contributed by atoms with van der Waals surface area (Å²) >= 11 is 0. The van der Waals surface area contributed by atoms with E-state index in [4.69, 9.17) is 14.6 Å². The van der Waals surface area contributed by atoms with Crippen LogP contribution in [0.25, 0.3) is 0 Å². The molecule has 2 amide bonds. The van der Waals surface area contributed by atoms with Crippen LogP contribution < -0.4 is 10.2 Å². The van der Waals surface area contributed by atoms with Crippen LogP contribution in [0, 0.1) is 0 Å². The number of carboxylic acids is 2. The van der Waals surface area contributed by atoms with Crippen LogP contribution in [0.3, 0.4) is 0 Å². The molecule has 0 aliphatic heterocycles. The molecule has 0 heterocycles. The molecule has 0 aliphatic rings. The van der Waals surface area contributed by atoms with E-state index in [0.717, 1.165) is 17.0 Å². The fraction of sp³-hybridized carbons (Fsp3) is 0.409. The number of carbonyl (C=O) groups excluding carboxylic acids is 3. The van der Waals surface area contributed by atoms with E-state index in [2.05, 4.69) is 5.32 Å². The molecule has 1 aromatic carbocycles. The summed E-state index contributed by atoms with van der Waals surface area (Å²) in [5.41, 5.74) is -2.28. The number of benzene rings is 1. The monoisotopic (exact) mass is 464 g/mol. The van der Waals surface area contributed by atoms with Gasteiger partial charge in [0.1, 0.15) is 17.7 Å². The molecule has 1 aromatic rings. The summed E-state index contributed by atoms with van der Waals surface area (Å²) in [6.07, 6.45) is 0.350. The van der Waals surface area contributed by atoms with Crippen LogP contribution in [0.2, 0.25) is 0 Å². The second kappa shape index (κ2) is 10.6. The molecular weight excluding hydrogens is 436 g/mol. The molecule has 0 saturated heterocycles. The number of rotatable bonds is 7. The number of nitrogens with one attached hydrogen (secondary N) is 1. The Kier molecular flexibility index (Phi) is 8.73.